The zero-order chi connectivity index (χ0) is 10.6. The van der Waals surface area contributed by atoms with Crippen molar-refractivity contribution in [1.82, 2.24) is 10.2 Å². The summed E-state index contributed by atoms with van der Waals surface area (Å²) in [5.41, 5.74) is 0.474. The van der Waals surface area contributed by atoms with Crippen LogP contribution >= 0.6 is 0 Å². The molecule has 0 spiro atoms. The molecule has 0 atom stereocenters. The maximum Gasteiger partial charge on any atom is 0.0244 e. The van der Waals surface area contributed by atoms with Gasteiger partial charge < -0.3 is 5.32 Å². The topological polar surface area (TPSA) is 15.3 Å². The van der Waals surface area contributed by atoms with Crippen LogP contribution in [0.5, 0.6) is 0 Å². The quantitative estimate of drug-likeness (QED) is 0.715. The second-order valence-electron chi connectivity index (χ2n) is 5.01. The second kappa shape index (κ2) is 5.13. The monoisotopic (exact) mass is 208 g/mol. The zero-order valence-corrected chi connectivity index (χ0v) is 9.80. The van der Waals surface area contributed by atoms with Gasteiger partial charge in [-0.1, -0.05) is 25.3 Å². The molecule has 1 aliphatic carbocycles. The molecule has 2 heteroatoms. The molecule has 1 heterocycles. The molecule has 0 unspecified atom stereocenters. The molecule has 0 amide bonds. The summed E-state index contributed by atoms with van der Waals surface area (Å²) in [7, 11) is 0. The van der Waals surface area contributed by atoms with Gasteiger partial charge in [-0.2, -0.15) is 0 Å². The first kappa shape index (κ1) is 11.2. The lowest BCUT2D eigenvalue weighted by Gasteiger charge is -2.48. The lowest BCUT2D eigenvalue weighted by atomic mass is 9.77. The Kier molecular flexibility index (Phi) is 3.81. The van der Waals surface area contributed by atoms with Crippen LogP contribution in [0.25, 0.3) is 0 Å². The SMILES string of the molecule is C=CCC1(N2CCNCC2)CCCCC1. The van der Waals surface area contributed by atoms with Gasteiger partial charge in [0.1, 0.15) is 0 Å². The Morgan fingerprint density at radius 2 is 1.80 bits per heavy atom. The van der Waals surface area contributed by atoms with Crippen molar-refractivity contribution in [3.63, 3.8) is 0 Å². The molecule has 1 saturated heterocycles. The van der Waals surface area contributed by atoms with Gasteiger partial charge in [0, 0.05) is 31.7 Å². The Morgan fingerprint density at radius 3 is 2.40 bits per heavy atom. The van der Waals surface area contributed by atoms with Crippen molar-refractivity contribution in [3.8, 4) is 0 Å². The van der Waals surface area contributed by atoms with Gasteiger partial charge in [0.15, 0.2) is 0 Å². The van der Waals surface area contributed by atoms with Gasteiger partial charge in [-0.25, -0.2) is 0 Å². The molecule has 86 valence electrons. The lowest BCUT2D eigenvalue weighted by Crippen LogP contribution is -2.56. The van der Waals surface area contributed by atoms with E-state index < -0.39 is 0 Å². The normalized spacial score (nSPS) is 27.5. The average Bonchev–Trinajstić information content (AvgIpc) is 2.32. The third-order valence-corrected chi connectivity index (χ3v) is 4.10. The molecule has 0 bridgehead atoms. The van der Waals surface area contributed by atoms with Crippen LogP contribution in [-0.2, 0) is 0 Å². The van der Waals surface area contributed by atoms with Crippen molar-refractivity contribution < 1.29 is 0 Å². The number of piperazine rings is 1. The smallest absolute Gasteiger partial charge is 0.0244 e. The van der Waals surface area contributed by atoms with Crippen LogP contribution in [0, 0.1) is 0 Å². The maximum atomic E-state index is 3.95. The summed E-state index contributed by atoms with van der Waals surface area (Å²) in [5.74, 6) is 0. The van der Waals surface area contributed by atoms with E-state index in [1.165, 1.54) is 64.7 Å². The van der Waals surface area contributed by atoms with Crippen LogP contribution in [-0.4, -0.2) is 36.6 Å². The van der Waals surface area contributed by atoms with E-state index in [1.54, 1.807) is 0 Å². The molecule has 15 heavy (non-hydrogen) atoms. The summed E-state index contributed by atoms with van der Waals surface area (Å²) in [4.78, 5) is 2.73. The third-order valence-electron chi connectivity index (χ3n) is 4.10. The highest BCUT2D eigenvalue weighted by atomic mass is 15.2. The van der Waals surface area contributed by atoms with E-state index >= 15 is 0 Å². The highest BCUT2D eigenvalue weighted by Gasteiger charge is 2.36. The third kappa shape index (κ3) is 2.43. The van der Waals surface area contributed by atoms with Crippen molar-refractivity contribution in [2.45, 2.75) is 44.1 Å². The Bertz CT molecular complexity index is 201. The molecular formula is C13H24N2. The molecule has 1 N–H and O–H groups in total. The van der Waals surface area contributed by atoms with E-state index in [-0.39, 0.29) is 0 Å². The molecule has 2 fully saturated rings. The Morgan fingerprint density at radius 1 is 1.13 bits per heavy atom. The minimum atomic E-state index is 0.474. The summed E-state index contributed by atoms with van der Waals surface area (Å²) in [6, 6.07) is 0. The second-order valence-corrected chi connectivity index (χ2v) is 5.01. The average molecular weight is 208 g/mol. The number of hydrogen-bond acceptors (Lipinski definition) is 2. The van der Waals surface area contributed by atoms with E-state index in [9.17, 15) is 0 Å². The van der Waals surface area contributed by atoms with Crippen molar-refractivity contribution in [3.05, 3.63) is 12.7 Å². The van der Waals surface area contributed by atoms with E-state index in [1.807, 2.05) is 0 Å². The minimum absolute atomic E-state index is 0.474. The van der Waals surface area contributed by atoms with Gasteiger partial charge in [-0.3, -0.25) is 4.90 Å². The summed E-state index contributed by atoms with van der Waals surface area (Å²) in [6.45, 7) is 8.74. The summed E-state index contributed by atoms with van der Waals surface area (Å²) < 4.78 is 0. The predicted octanol–water partition coefficient (Wildman–Crippen LogP) is 2.17. The van der Waals surface area contributed by atoms with Crippen LogP contribution in [0.2, 0.25) is 0 Å². The van der Waals surface area contributed by atoms with E-state index in [0.717, 1.165) is 0 Å². The van der Waals surface area contributed by atoms with Crippen molar-refractivity contribution >= 4 is 0 Å². The Hall–Kier alpha value is -0.340. The first-order chi connectivity index (χ1) is 7.37. The number of nitrogens with zero attached hydrogens (tertiary/aromatic N) is 1. The lowest BCUT2D eigenvalue weighted by molar-refractivity contribution is 0.0415. The molecule has 2 nitrogen and oxygen atoms in total. The Balaban J connectivity index is 2.04. The molecule has 0 aromatic heterocycles. The van der Waals surface area contributed by atoms with Gasteiger partial charge in [0.2, 0.25) is 0 Å². The fourth-order valence-corrected chi connectivity index (χ4v) is 3.27. The van der Waals surface area contributed by atoms with Gasteiger partial charge in [-0.05, 0) is 19.3 Å². The predicted molar refractivity (Wildman–Crippen MR) is 65.1 cm³/mol. The first-order valence-electron chi connectivity index (χ1n) is 6.44. The van der Waals surface area contributed by atoms with Gasteiger partial charge in [0.05, 0.1) is 0 Å². The van der Waals surface area contributed by atoms with Crippen LogP contribution in [0.15, 0.2) is 12.7 Å². The van der Waals surface area contributed by atoms with Crippen molar-refractivity contribution in [2.24, 2.45) is 0 Å². The number of hydrogen-bond donors (Lipinski definition) is 1. The maximum absolute atomic E-state index is 3.95. The highest BCUT2D eigenvalue weighted by Crippen LogP contribution is 2.36. The highest BCUT2D eigenvalue weighted by molar-refractivity contribution is 4.98. The van der Waals surface area contributed by atoms with E-state index in [2.05, 4.69) is 22.9 Å². The number of rotatable bonds is 3. The fourth-order valence-electron chi connectivity index (χ4n) is 3.27. The number of nitrogens with one attached hydrogen (secondary N) is 1. The fraction of sp³-hybridized carbons (Fsp3) is 0.846. The van der Waals surface area contributed by atoms with Crippen LogP contribution in [0.1, 0.15) is 38.5 Å². The van der Waals surface area contributed by atoms with Crippen molar-refractivity contribution in [1.29, 1.82) is 0 Å². The summed E-state index contributed by atoms with van der Waals surface area (Å²) in [6.07, 6.45) is 10.4. The van der Waals surface area contributed by atoms with Crippen molar-refractivity contribution in [2.75, 3.05) is 26.2 Å². The van der Waals surface area contributed by atoms with Gasteiger partial charge in [0.25, 0.3) is 0 Å². The molecule has 0 aromatic carbocycles. The molecule has 2 rings (SSSR count). The summed E-state index contributed by atoms with van der Waals surface area (Å²) in [5, 5.41) is 3.45. The molecule has 0 radical (unpaired) electrons. The molecule has 1 saturated carbocycles. The molecular weight excluding hydrogens is 184 g/mol. The standard InChI is InChI=1S/C13H24N2/c1-2-6-13(7-4-3-5-8-13)15-11-9-14-10-12-15/h2,14H,1,3-12H2. The zero-order valence-electron chi connectivity index (χ0n) is 9.80. The van der Waals surface area contributed by atoms with Crippen LogP contribution in [0.3, 0.4) is 0 Å². The van der Waals surface area contributed by atoms with Crippen LogP contribution < -0.4 is 5.32 Å². The van der Waals surface area contributed by atoms with Gasteiger partial charge in [-0.15, -0.1) is 6.58 Å². The largest absolute Gasteiger partial charge is 0.314 e. The van der Waals surface area contributed by atoms with Gasteiger partial charge >= 0.3 is 0 Å². The van der Waals surface area contributed by atoms with E-state index in [4.69, 9.17) is 0 Å². The minimum Gasteiger partial charge on any atom is -0.314 e. The Labute approximate surface area is 93.7 Å². The van der Waals surface area contributed by atoms with E-state index in [0.29, 0.717) is 5.54 Å². The molecule has 1 aliphatic heterocycles. The summed E-state index contributed by atoms with van der Waals surface area (Å²) >= 11 is 0. The first-order valence-corrected chi connectivity index (χ1v) is 6.44. The molecule has 0 aromatic rings. The van der Waals surface area contributed by atoms with Crippen LogP contribution in [0.4, 0.5) is 0 Å². The molecule has 2 aliphatic rings.